The highest BCUT2D eigenvalue weighted by molar-refractivity contribution is 5.76. The highest BCUT2D eigenvalue weighted by atomic mass is 16.2. The van der Waals surface area contributed by atoms with E-state index >= 15 is 0 Å². The average molecular weight is 277 g/mol. The Morgan fingerprint density at radius 3 is 2.10 bits per heavy atom. The molecule has 0 aromatic rings. The van der Waals surface area contributed by atoms with E-state index in [4.69, 9.17) is 0 Å². The summed E-state index contributed by atoms with van der Waals surface area (Å²) in [5, 5.41) is 3.31. The van der Waals surface area contributed by atoms with Gasteiger partial charge in [-0.15, -0.1) is 0 Å². The molecule has 2 N–H and O–H groups in total. The van der Waals surface area contributed by atoms with Crippen LogP contribution in [-0.4, -0.2) is 32.1 Å². The molecule has 0 aromatic carbocycles. The first-order chi connectivity index (χ1) is 9.71. The number of amides is 1. The number of hydrogen-bond donors (Lipinski definition) is 2. The fourth-order valence-electron chi connectivity index (χ4n) is 6.13. The van der Waals surface area contributed by atoms with Gasteiger partial charge in [0.05, 0.1) is 13.1 Å². The van der Waals surface area contributed by atoms with E-state index in [9.17, 15) is 4.79 Å². The smallest absolute Gasteiger partial charge is 0.275 e. The van der Waals surface area contributed by atoms with Crippen molar-refractivity contribution < 1.29 is 9.69 Å². The Hall–Kier alpha value is -0.570. The van der Waals surface area contributed by atoms with Crippen LogP contribution in [0.1, 0.15) is 51.4 Å². The molecule has 1 aliphatic heterocycles. The number of likely N-dealkylation sites (tertiary alicyclic amines) is 1. The van der Waals surface area contributed by atoms with Crippen LogP contribution < -0.4 is 10.2 Å². The third kappa shape index (κ3) is 2.49. The second-order valence-electron chi connectivity index (χ2n) is 8.33. The van der Waals surface area contributed by atoms with Gasteiger partial charge in [0.2, 0.25) is 0 Å². The molecule has 0 spiro atoms. The van der Waals surface area contributed by atoms with E-state index in [1.165, 1.54) is 69.4 Å². The zero-order chi connectivity index (χ0) is 13.6. The predicted octanol–water partition coefficient (Wildman–Crippen LogP) is 0.998. The van der Waals surface area contributed by atoms with Gasteiger partial charge in [0.15, 0.2) is 6.54 Å². The molecule has 1 saturated heterocycles. The first-order valence-electron chi connectivity index (χ1n) is 8.81. The maximum Gasteiger partial charge on any atom is 0.275 e. The minimum absolute atomic E-state index is 0.303. The number of hydrogen-bond acceptors (Lipinski definition) is 1. The zero-order valence-corrected chi connectivity index (χ0v) is 12.6. The Morgan fingerprint density at radius 1 is 1.00 bits per heavy atom. The van der Waals surface area contributed by atoms with Crippen LogP contribution in [0.2, 0.25) is 0 Å². The number of nitrogens with one attached hydrogen (secondary N) is 2. The number of carbonyl (C=O) groups excluding carboxylic acids is 1. The van der Waals surface area contributed by atoms with Crippen LogP contribution in [0, 0.1) is 23.2 Å². The molecule has 112 valence electrons. The largest absolute Gasteiger partial charge is 0.351 e. The van der Waals surface area contributed by atoms with E-state index in [0.717, 1.165) is 24.3 Å². The van der Waals surface area contributed by atoms with Crippen LogP contribution in [0.25, 0.3) is 0 Å². The molecule has 3 heteroatoms. The maximum atomic E-state index is 12.2. The highest BCUT2D eigenvalue weighted by Gasteiger charge is 2.50. The minimum Gasteiger partial charge on any atom is -0.351 e. The van der Waals surface area contributed by atoms with Crippen molar-refractivity contribution in [3.63, 3.8) is 0 Å². The lowest BCUT2D eigenvalue weighted by Crippen LogP contribution is -3.11. The topological polar surface area (TPSA) is 33.5 Å². The van der Waals surface area contributed by atoms with Crippen molar-refractivity contribution in [2.75, 3.05) is 26.2 Å². The SMILES string of the molecule is O=C(C[NH+]1CCCC1)NCC12CC3CC(CC(C3)C1)C2. The maximum absolute atomic E-state index is 12.2. The summed E-state index contributed by atoms with van der Waals surface area (Å²) in [6.45, 7) is 4.09. The molecule has 0 aromatic heterocycles. The fraction of sp³-hybridized carbons (Fsp3) is 0.941. The zero-order valence-electron chi connectivity index (χ0n) is 12.6. The Kier molecular flexibility index (Phi) is 3.29. The molecule has 4 bridgehead atoms. The normalized spacial score (nSPS) is 43.1. The fourth-order valence-corrected chi connectivity index (χ4v) is 6.13. The Bertz CT molecular complexity index is 351. The van der Waals surface area contributed by atoms with Gasteiger partial charge in [0.1, 0.15) is 0 Å². The average Bonchev–Trinajstić information content (AvgIpc) is 2.88. The predicted molar refractivity (Wildman–Crippen MR) is 78.4 cm³/mol. The van der Waals surface area contributed by atoms with Crippen molar-refractivity contribution in [2.24, 2.45) is 23.2 Å². The molecule has 0 unspecified atom stereocenters. The van der Waals surface area contributed by atoms with Gasteiger partial charge >= 0.3 is 0 Å². The van der Waals surface area contributed by atoms with E-state index < -0.39 is 0 Å². The van der Waals surface area contributed by atoms with Gasteiger partial charge in [0.25, 0.3) is 5.91 Å². The molecular weight excluding hydrogens is 248 g/mol. The van der Waals surface area contributed by atoms with E-state index in [0.29, 0.717) is 17.9 Å². The third-order valence-corrected chi connectivity index (χ3v) is 6.55. The van der Waals surface area contributed by atoms with Crippen LogP contribution in [0.4, 0.5) is 0 Å². The van der Waals surface area contributed by atoms with E-state index in [1.54, 1.807) is 0 Å². The van der Waals surface area contributed by atoms with E-state index in [2.05, 4.69) is 5.32 Å². The van der Waals surface area contributed by atoms with Crippen molar-refractivity contribution in [1.82, 2.24) is 5.32 Å². The molecule has 0 atom stereocenters. The molecular formula is C17H29N2O+. The summed E-state index contributed by atoms with van der Waals surface area (Å²) in [5.74, 6) is 3.27. The quantitative estimate of drug-likeness (QED) is 0.790. The lowest BCUT2D eigenvalue weighted by Gasteiger charge is -2.56. The van der Waals surface area contributed by atoms with Gasteiger partial charge in [-0.05, 0) is 61.7 Å². The Morgan fingerprint density at radius 2 is 1.55 bits per heavy atom. The summed E-state index contributed by atoms with van der Waals surface area (Å²) in [4.78, 5) is 13.7. The summed E-state index contributed by atoms with van der Waals surface area (Å²) >= 11 is 0. The summed E-state index contributed by atoms with van der Waals surface area (Å²) in [6.07, 6.45) is 11.3. The van der Waals surface area contributed by atoms with Crippen LogP contribution >= 0.6 is 0 Å². The first kappa shape index (κ1) is 13.1. The molecule has 1 amide bonds. The second kappa shape index (κ2) is 5.01. The van der Waals surface area contributed by atoms with Crippen molar-refractivity contribution in [1.29, 1.82) is 0 Å². The molecule has 1 heterocycles. The van der Waals surface area contributed by atoms with Gasteiger partial charge < -0.3 is 10.2 Å². The van der Waals surface area contributed by atoms with Gasteiger partial charge in [-0.2, -0.15) is 0 Å². The summed E-state index contributed by atoms with van der Waals surface area (Å²) in [7, 11) is 0. The molecule has 5 rings (SSSR count). The number of quaternary nitrogens is 1. The molecule has 4 saturated carbocycles. The standard InChI is InChI=1S/C17H28N2O/c20-16(11-19-3-1-2-4-19)18-12-17-8-13-5-14(9-17)7-15(6-13)10-17/h13-15H,1-12H2,(H,18,20)/p+1. The third-order valence-electron chi connectivity index (χ3n) is 6.55. The van der Waals surface area contributed by atoms with Crippen molar-refractivity contribution >= 4 is 5.91 Å². The Balaban J connectivity index is 1.31. The number of carbonyl (C=O) groups is 1. The summed E-state index contributed by atoms with van der Waals surface area (Å²) in [6, 6.07) is 0. The van der Waals surface area contributed by atoms with Crippen molar-refractivity contribution in [3.8, 4) is 0 Å². The van der Waals surface area contributed by atoms with Crippen LogP contribution in [-0.2, 0) is 4.79 Å². The molecule has 0 radical (unpaired) electrons. The van der Waals surface area contributed by atoms with Gasteiger partial charge in [-0.3, -0.25) is 4.79 Å². The molecule has 4 aliphatic carbocycles. The second-order valence-corrected chi connectivity index (χ2v) is 8.33. The molecule has 5 aliphatic rings. The molecule has 20 heavy (non-hydrogen) atoms. The lowest BCUT2D eigenvalue weighted by molar-refractivity contribution is -0.879. The summed E-state index contributed by atoms with van der Waals surface area (Å²) in [5.41, 5.74) is 0.491. The van der Waals surface area contributed by atoms with Crippen molar-refractivity contribution in [2.45, 2.75) is 51.4 Å². The van der Waals surface area contributed by atoms with Crippen LogP contribution in [0.3, 0.4) is 0 Å². The van der Waals surface area contributed by atoms with Crippen LogP contribution in [0.5, 0.6) is 0 Å². The van der Waals surface area contributed by atoms with E-state index in [-0.39, 0.29) is 0 Å². The Labute approximate surface area is 122 Å². The minimum atomic E-state index is 0.303. The highest BCUT2D eigenvalue weighted by Crippen LogP contribution is 2.59. The summed E-state index contributed by atoms with van der Waals surface area (Å²) < 4.78 is 0. The molecule has 5 fully saturated rings. The van der Waals surface area contributed by atoms with Gasteiger partial charge in [-0.1, -0.05) is 0 Å². The van der Waals surface area contributed by atoms with E-state index in [1.807, 2.05) is 0 Å². The first-order valence-corrected chi connectivity index (χ1v) is 8.81. The van der Waals surface area contributed by atoms with Gasteiger partial charge in [-0.25, -0.2) is 0 Å². The van der Waals surface area contributed by atoms with Gasteiger partial charge in [0, 0.05) is 19.4 Å². The van der Waals surface area contributed by atoms with Crippen molar-refractivity contribution in [3.05, 3.63) is 0 Å². The number of rotatable bonds is 4. The lowest BCUT2D eigenvalue weighted by atomic mass is 9.49. The molecule has 3 nitrogen and oxygen atoms in total. The monoisotopic (exact) mass is 277 g/mol. The van der Waals surface area contributed by atoms with Crippen LogP contribution in [0.15, 0.2) is 0 Å².